The van der Waals surface area contributed by atoms with Crippen LogP contribution in [0, 0.1) is 9.39 Å². The molecule has 0 saturated carbocycles. The zero-order chi connectivity index (χ0) is 9.84. The summed E-state index contributed by atoms with van der Waals surface area (Å²) in [4.78, 5) is 3.92. The Morgan fingerprint density at radius 2 is 2.23 bits per heavy atom. The van der Waals surface area contributed by atoms with Gasteiger partial charge in [0.15, 0.2) is 0 Å². The van der Waals surface area contributed by atoms with Gasteiger partial charge < -0.3 is 5.73 Å². The molecule has 0 aromatic heterocycles. The summed E-state index contributed by atoms with van der Waals surface area (Å²) in [6.07, 6.45) is 0. The molecule has 0 heterocycles. The van der Waals surface area contributed by atoms with Gasteiger partial charge in [0.25, 0.3) is 0 Å². The number of hydrogen-bond acceptors (Lipinski definition) is 1. The van der Waals surface area contributed by atoms with E-state index in [1.807, 2.05) is 22.6 Å². The minimum absolute atomic E-state index is 0.146. The van der Waals surface area contributed by atoms with Crippen molar-refractivity contribution in [3.63, 3.8) is 0 Å². The maximum Gasteiger partial charge on any atom is 0.126 e. The quantitative estimate of drug-likeness (QED) is 0.388. The van der Waals surface area contributed by atoms with E-state index in [2.05, 4.69) is 4.99 Å². The predicted octanol–water partition coefficient (Wildman–Crippen LogP) is 2.66. The number of hydrogen-bond donors (Lipinski definition) is 1. The van der Waals surface area contributed by atoms with E-state index < -0.39 is 0 Å². The summed E-state index contributed by atoms with van der Waals surface area (Å²) >= 11 is 7.44. The summed E-state index contributed by atoms with van der Waals surface area (Å²) in [5.74, 6) is 0.101. The normalized spacial score (nSPS) is 11.8. The lowest BCUT2D eigenvalue weighted by molar-refractivity contribution is 0.627. The first-order chi connectivity index (χ1) is 6.11. The van der Waals surface area contributed by atoms with Gasteiger partial charge in [-0.2, -0.15) is 0 Å². The van der Waals surface area contributed by atoms with Crippen molar-refractivity contribution in [3.8, 4) is 0 Å². The average molecular weight is 313 g/mol. The Morgan fingerprint density at radius 3 is 2.77 bits per heavy atom. The van der Waals surface area contributed by atoms with Gasteiger partial charge in [0, 0.05) is 3.57 Å². The topological polar surface area (TPSA) is 38.4 Å². The van der Waals surface area contributed by atoms with Crippen molar-refractivity contribution >= 4 is 45.7 Å². The van der Waals surface area contributed by atoms with E-state index in [9.17, 15) is 4.39 Å². The molecule has 2 N–H and O–H groups in total. The van der Waals surface area contributed by atoms with Gasteiger partial charge in [0.2, 0.25) is 0 Å². The molecule has 0 saturated heterocycles. The van der Waals surface area contributed by atoms with Gasteiger partial charge in [-0.1, -0.05) is 0 Å². The first-order valence-electron chi connectivity index (χ1n) is 3.47. The highest BCUT2D eigenvalue weighted by Gasteiger charge is 1.98. The third-order valence-electron chi connectivity index (χ3n) is 1.26. The van der Waals surface area contributed by atoms with Crippen LogP contribution in [0.5, 0.6) is 0 Å². The van der Waals surface area contributed by atoms with Crippen molar-refractivity contribution in [1.29, 1.82) is 0 Å². The fraction of sp³-hybridized carbons (Fsp3) is 0.125. The number of aliphatic imine (C=N–C) groups is 1. The number of alkyl halides is 1. The second kappa shape index (κ2) is 4.76. The largest absolute Gasteiger partial charge is 0.386 e. The second-order valence-electron chi connectivity index (χ2n) is 2.36. The minimum Gasteiger partial charge on any atom is -0.386 e. The van der Waals surface area contributed by atoms with Crippen molar-refractivity contribution in [1.82, 2.24) is 0 Å². The SMILES string of the molecule is NC(CCl)=Nc1cc(F)cc(I)c1. The third-order valence-corrected chi connectivity index (χ3v) is 2.15. The molecule has 0 aliphatic rings. The number of nitrogens with zero attached hydrogens (tertiary/aromatic N) is 1. The predicted molar refractivity (Wildman–Crippen MR) is 61.1 cm³/mol. The molecule has 0 aliphatic heterocycles. The number of nitrogens with two attached hydrogens (primary N) is 1. The van der Waals surface area contributed by atoms with Crippen LogP contribution < -0.4 is 5.73 Å². The summed E-state index contributed by atoms with van der Waals surface area (Å²) in [6.45, 7) is 0. The number of halogens is 3. The monoisotopic (exact) mass is 312 g/mol. The van der Waals surface area contributed by atoms with Gasteiger partial charge >= 0.3 is 0 Å². The van der Waals surface area contributed by atoms with Crippen molar-refractivity contribution in [3.05, 3.63) is 27.6 Å². The molecule has 2 nitrogen and oxygen atoms in total. The Morgan fingerprint density at radius 1 is 1.54 bits per heavy atom. The van der Waals surface area contributed by atoms with E-state index in [0.717, 1.165) is 3.57 Å². The van der Waals surface area contributed by atoms with Crippen LogP contribution >= 0.6 is 34.2 Å². The van der Waals surface area contributed by atoms with Crippen LogP contribution in [0.3, 0.4) is 0 Å². The lowest BCUT2D eigenvalue weighted by Crippen LogP contribution is -2.12. The summed E-state index contributed by atoms with van der Waals surface area (Å²) in [6, 6.07) is 4.45. The van der Waals surface area contributed by atoms with Gasteiger partial charge in [0.1, 0.15) is 11.7 Å². The van der Waals surface area contributed by atoms with Gasteiger partial charge in [-0.25, -0.2) is 9.38 Å². The Labute approximate surface area is 94.1 Å². The van der Waals surface area contributed by atoms with E-state index in [0.29, 0.717) is 5.69 Å². The molecule has 0 bridgehead atoms. The van der Waals surface area contributed by atoms with Crippen molar-refractivity contribution < 1.29 is 4.39 Å². The Balaban J connectivity index is 3.02. The summed E-state index contributed by atoms with van der Waals surface area (Å²) in [5.41, 5.74) is 5.89. The lowest BCUT2D eigenvalue weighted by Gasteiger charge is -1.97. The zero-order valence-electron chi connectivity index (χ0n) is 6.60. The van der Waals surface area contributed by atoms with Crippen molar-refractivity contribution in [2.75, 3.05) is 5.88 Å². The molecule has 0 amide bonds. The standard InChI is InChI=1S/C8H7ClFIN2/c9-4-8(12)13-7-2-5(10)1-6(11)3-7/h1-3H,4H2,(H2,12,13). The molecule has 70 valence electrons. The van der Waals surface area contributed by atoms with E-state index in [4.69, 9.17) is 17.3 Å². The van der Waals surface area contributed by atoms with Crippen LogP contribution in [0.1, 0.15) is 0 Å². The fourth-order valence-corrected chi connectivity index (χ4v) is 1.48. The van der Waals surface area contributed by atoms with Gasteiger partial charge in [-0.15, -0.1) is 11.6 Å². The van der Waals surface area contributed by atoms with Crippen LogP contribution in [-0.2, 0) is 0 Å². The van der Waals surface area contributed by atoms with Gasteiger partial charge in [0.05, 0.1) is 11.6 Å². The molecule has 5 heteroatoms. The molecule has 1 aromatic rings. The molecule has 0 atom stereocenters. The van der Waals surface area contributed by atoms with Crippen LogP contribution in [-0.4, -0.2) is 11.7 Å². The zero-order valence-corrected chi connectivity index (χ0v) is 9.51. The van der Waals surface area contributed by atoms with E-state index in [-0.39, 0.29) is 17.5 Å². The molecular formula is C8H7ClFIN2. The van der Waals surface area contributed by atoms with E-state index in [1.54, 1.807) is 6.07 Å². The van der Waals surface area contributed by atoms with Crippen LogP contribution in [0.2, 0.25) is 0 Å². The molecule has 0 spiro atoms. The highest BCUT2D eigenvalue weighted by Crippen LogP contribution is 2.18. The Kier molecular flexibility index (Phi) is 3.92. The molecule has 13 heavy (non-hydrogen) atoms. The minimum atomic E-state index is -0.326. The van der Waals surface area contributed by atoms with E-state index in [1.165, 1.54) is 12.1 Å². The lowest BCUT2D eigenvalue weighted by atomic mass is 10.3. The van der Waals surface area contributed by atoms with Crippen molar-refractivity contribution in [2.24, 2.45) is 10.7 Å². The third kappa shape index (κ3) is 3.48. The Bertz CT molecular complexity index is 321. The highest BCUT2D eigenvalue weighted by molar-refractivity contribution is 14.1. The highest BCUT2D eigenvalue weighted by atomic mass is 127. The Hall–Kier alpha value is -0.360. The second-order valence-corrected chi connectivity index (χ2v) is 3.88. The van der Waals surface area contributed by atoms with Gasteiger partial charge in [-0.05, 0) is 40.8 Å². The number of amidine groups is 1. The molecule has 1 rings (SSSR count). The van der Waals surface area contributed by atoms with Crippen LogP contribution in [0.4, 0.5) is 10.1 Å². The summed E-state index contributed by atoms with van der Waals surface area (Å²) < 4.78 is 13.6. The average Bonchev–Trinajstić information content (AvgIpc) is 2.02. The summed E-state index contributed by atoms with van der Waals surface area (Å²) in [7, 11) is 0. The van der Waals surface area contributed by atoms with Gasteiger partial charge in [-0.3, -0.25) is 0 Å². The molecule has 0 fully saturated rings. The summed E-state index contributed by atoms with van der Waals surface area (Å²) in [5, 5.41) is 0. The van der Waals surface area contributed by atoms with E-state index >= 15 is 0 Å². The molecule has 0 unspecified atom stereocenters. The molecule has 0 aliphatic carbocycles. The van der Waals surface area contributed by atoms with Crippen molar-refractivity contribution in [2.45, 2.75) is 0 Å². The van der Waals surface area contributed by atoms with Crippen LogP contribution in [0.25, 0.3) is 0 Å². The van der Waals surface area contributed by atoms with Crippen LogP contribution in [0.15, 0.2) is 23.2 Å². The number of benzene rings is 1. The number of rotatable bonds is 2. The first-order valence-corrected chi connectivity index (χ1v) is 5.08. The maximum absolute atomic E-state index is 12.8. The first kappa shape index (κ1) is 10.7. The molecular weight excluding hydrogens is 305 g/mol. The molecule has 1 aromatic carbocycles. The maximum atomic E-state index is 12.8. The fourth-order valence-electron chi connectivity index (χ4n) is 0.800. The molecule has 0 radical (unpaired) electrons. The smallest absolute Gasteiger partial charge is 0.126 e.